The van der Waals surface area contributed by atoms with E-state index in [9.17, 15) is 0 Å². The average molecular weight is 256 g/mol. The van der Waals surface area contributed by atoms with E-state index in [-0.39, 0.29) is 0 Å². The molecule has 0 aromatic rings. The molecule has 0 aliphatic carbocycles. The van der Waals surface area contributed by atoms with Crippen LogP contribution in [0.4, 0.5) is 0 Å². The Balaban J connectivity index is 1.68. The number of hydrogen-bond donors (Lipinski definition) is 0. The van der Waals surface area contributed by atoms with Gasteiger partial charge >= 0.3 is 0 Å². The molecule has 2 rings (SSSR count). The second kappa shape index (κ2) is 7.43. The monoisotopic (exact) mass is 256 g/mol. The summed E-state index contributed by atoms with van der Waals surface area (Å²) in [5.41, 5.74) is 0. The first-order chi connectivity index (χ1) is 8.75. The van der Waals surface area contributed by atoms with Gasteiger partial charge in [0.15, 0.2) is 0 Å². The SMILES string of the molecule is C[C@H](CN1CCOCC1)[C@H](C)CN1CCOCC1. The predicted molar refractivity (Wildman–Crippen MR) is 72.8 cm³/mol. The fourth-order valence-electron chi connectivity index (χ4n) is 2.74. The van der Waals surface area contributed by atoms with Crippen LogP contribution in [0.3, 0.4) is 0 Å². The van der Waals surface area contributed by atoms with Crippen molar-refractivity contribution in [3.8, 4) is 0 Å². The number of ether oxygens (including phenoxy) is 2. The summed E-state index contributed by atoms with van der Waals surface area (Å²) in [6.45, 7) is 15.3. The molecule has 4 heteroatoms. The lowest BCUT2D eigenvalue weighted by atomic mass is 9.94. The third-order valence-corrected chi connectivity index (χ3v) is 4.27. The van der Waals surface area contributed by atoms with E-state index in [1.807, 2.05) is 0 Å². The first kappa shape index (κ1) is 14.3. The first-order valence-corrected chi connectivity index (χ1v) is 7.36. The molecule has 18 heavy (non-hydrogen) atoms. The lowest BCUT2D eigenvalue weighted by Gasteiger charge is -2.34. The minimum Gasteiger partial charge on any atom is -0.379 e. The molecule has 0 spiro atoms. The Bertz CT molecular complexity index is 202. The van der Waals surface area contributed by atoms with Gasteiger partial charge in [-0.25, -0.2) is 0 Å². The Morgan fingerprint density at radius 3 is 1.39 bits per heavy atom. The van der Waals surface area contributed by atoms with Gasteiger partial charge in [0.2, 0.25) is 0 Å². The lowest BCUT2D eigenvalue weighted by Crippen LogP contribution is -2.43. The molecule has 2 aliphatic heterocycles. The van der Waals surface area contributed by atoms with Gasteiger partial charge in [0.1, 0.15) is 0 Å². The Morgan fingerprint density at radius 1 is 0.722 bits per heavy atom. The molecule has 0 unspecified atom stereocenters. The van der Waals surface area contributed by atoms with Crippen molar-refractivity contribution in [2.24, 2.45) is 11.8 Å². The van der Waals surface area contributed by atoms with Crippen molar-refractivity contribution in [2.45, 2.75) is 13.8 Å². The molecule has 0 N–H and O–H groups in total. The van der Waals surface area contributed by atoms with Gasteiger partial charge in [-0.3, -0.25) is 9.80 Å². The summed E-state index contributed by atoms with van der Waals surface area (Å²) in [6.07, 6.45) is 0. The molecule has 106 valence electrons. The quantitative estimate of drug-likeness (QED) is 0.730. The van der Waals surface area contributed by atoms with E-state index >= 15 is 0 Å². The van der Waals surface area contributed by atoms with Gasteiger partial charge in [-0.05, 0) is 11.8 Å². The van der Waals surface area contributed by atoms with E-state index in [1.54, 1.807) is 0 Å². The van der Waals surface area contributed by atoms with Crippen molar-refractivity contribution in [3.63, 3.8) is 0 Å². The van der Waals surface area contributed by atoms with Gasteiger partial charge in [-0.1, -0.05) is 13.8 Å². The van der Waals surface area contributed by atoms with Crippen molar-refractivity contribution < 1.29 is 9.47 Å². The molecule has 2 saturated heterocycles. The molecule has 4 nitrogen and oxygen atoms in total. The highest BCUT2D eigenvalue weighted by molar-refractivity contribution is 4.73. The molecule has 2 atom stereocenters. The number of rotatable bonds is 5. The summed E-state index contributed by atoms with van der Waals surface area (Å²) in [5.74, 6) is 1.51. The Morgan fingerprint density at radius 2 is 1.06 bits per heavy atom. The van der Waals surface area contributed by atoms with Crippen LogP contribution >= 0.6 is 0 Å². The number of hydrogen-bond acceptors (Lipinski definition) is 4. The minimum atomic E-state index is 0.756. The second-order valence-electron chi connectivity index (χ2n) is 5.78. The Hall–Kier alpha value is -0.160. The standard InChI is InChI=1S/C14H28N2O2/c1-13(11-15-3-7-17-8-4-15)14(2)12-16-5-9-18-10-6-16/h13-14H,3-12H2,1-2H3/t13-,14-/m1/s1. The lowest BCUT2D eigenvalue weighted by molar-refractivity contribution is 0.0148. The van der Waals surface area contributed by atoms with E-state index in [0.717, 1.165) is 64.4 Å². The van der Waals surface area contributed by atoms with Crippen LogP contribution in [-0.2, 0) is 9.47 Å². The van der Waals surface area contributed by atoms with Gasteiger partial charge in [-0.2, -0.15) is 0 Å². The first-order valence-electron chi connectivity index (χ1n) is 7.36. The van der Waals surface area contributed by atoms with E-state index in [2.05, 4.69) is 23.6 Å². The summed E-state index contributed by atoms with van der Waals surface area (Å²) in [6, 6.07) is 0. The van der Waals surface area contributed by atoms with Gasteiger partial charge in [0.25, 0.3) is 0 Å². The number of nitrogens with zero attached hydrogens (tertiary/aromatic N) is 2. The largest absolute Gasteiger partial charge is 0.379 e. The summed E-state index contributed by atoms with van der Waals surface area (Å²) in [4.78, 5) is 5.09. The van der Waals surface area contributed by atoms with E-state index in [0.29, 0.717) is 0 Å². The van der Waals surface area contributed by atoms with E-state index in [4.69, 9.17) is 9.47 Å². The van der Waals surface area contributed by atoms with Gasteiger partial charge < -0.3 is 9.47 Å². The molecule has 0 aromatic heterocycles. The molecular formula is C14H28N2O2. The zero-order valence-electron chi connectivity index (χ0n) is 11.9. The minimum absolute atomic E-state index is 0.756. The van der Waals surface area contributed by atoms with Crippen LogP contribution in [0.15, 0.2) is 0 Å². The zero-order valence-corrected chi connectivity index (χ0v) is 11.9. The van der Waals surface area contributed by atoms with Crippen LogP contribution in [0.2, 0.25) is 0 Å². The van der Waals surface area contributed by atoms with Crippen LogP contribution in [0, 0.1) is 11.8 Å². The summed E-state index contributed by atoms with van der Waals surface area (Å²) in [7, 11) is 0. The molecule has 2 fully saturated rings. The highest BCUT2D eigenvalue weighted by atomic mass is 16.5. The maximum Gasteiger partial charge on any atom is 0.0594 e. The van der Waals surface area contributed by atoms with Crippen molar-refractivity contribution in [3.05, 3.63) is 0 Å². The maximum atomic E-state index is 5.40. The van der Waals surface area contributed by atoms with Crippen LogP contribution in [0.1, 0.15) is 13.8 Å². The Labute approximate surface area is 111 Å². The average Bonchev–Trinajstić information content (AvgIpc) is 2.41. The smallest absolute Gasteiger partial charge is 0.0594 e. The van der Waals surface area contributed by atoms with Crippen LogP contribution in [-0.4, -0.2) is 75.5 Å². The highest BCUT2D eigenvalue weighted by Gasteiger charge is 2.21. The number of morpholine rings is 2. The molecular weight excluding hydrogens is 228 g/mol. The van der Waals surface area contributed by atoms with Gasteiger partial charge in [-0.15, -0.1) is 0 Å². The molecule has 0 saturated carbocycles. The molecule has 0 radical (unpaired) electrons. The van der Waals surface area contributed by atoms with Gasteiger partial charge in [0.05, 0.1) is 26.4 Å². The third-order valence-electron chi connectivity index (χ3n) is 4.27. The van der Waals surface area contributed by atoms with Crippen LogP contribution < -0.4 is 0 Å². The van der Waals surface area contributed by atoms with Gasteiger partial charge in [0, 0.05) is 39.3 Å². The van der Waals surface area contributed by atoms with Crippen molar-refractivity contribution in [1.29, 1.82) is 0 Å². The zero-order chi connectivity index (χ0) is 12.8. The molecule has 0 bridgehead atoms. The topological polar surface area (TPSA) is 24.9 Å². The maximum absolute atomic E-state index is 5.40. The molecule has 2 heterocycles. The van der Waals surface area contributed by atoms with Crippen molar-refractivity contribution in [1.82, 2.24) is 9.80 Å². The Kier molecular flexibility index (Phi) is 5.89. The summed E-state index contributed by atoms with van der Waals surface area (Å²) >= 11 is 0. The van der Waals surface area contributed by atoms with Crippen LogP contribution in [0.25, 0.3) is 0 Å². The van der Waals surface area contributed by atoms with E-state index in [1.165, 1.54) is 13.1 Å². The third kappa shape index (κ3) is 4.50. The molecule has 0 amide bonds. The fraction of sp³-hybridized carbons (Fsp3) is 1.00. The highest BCUT2D eigenvalue weighted by Crippen LogP contribution is 2.15. The van der Waals surface area contributed by atoms with Crippen molar-refractivity contribution in [2.75, 3.05) is 65.7 Å². The summed E-state index contributed by atoms with van der Waals surface area (Å²) in [5, 5.41) is 0. The second-order valence-corrected chi connectivity index (χ2v) is 5.78. The predicted octanol–water partition coefficient (Wildman–Crippen LogP) is 0.923. The normalized spacial score (nSPS) is 27.0. The molecule has 0 aromatic carbocycles. The van der Waals surface area contributed by atoms with Crippen molar-refractivity contribution >= 4 is 0 Å². The summed E-state index contributed by atoms with van der Waals surface area (Å²) < 4.78 is 10.8. The van der Waals surface area contributed by atoms with E-state index < -0.39 is 0 Å². The molecule has 2 aliphatic rings. The van der Waals surface area contributed by atoms with Crippen LogP contribution in [0.5, 0.6) is 0 Å². The fourth-order valence-corrected chi connectivity index (χ4v) is 2.74.